The zero-order valence-corrected chi connectivity index (χ0v) is 12.7. The Morgan fingerprint density at radius 3 is 2.50 bits per heavy atom. The Labute approximate surface area is 122 Å². The molecule has 2 rings (SSSR count). The van der Waals surface area contributed by atoms with Gasteiger partial charge in [0.2, 0.25) is 0 Å². The summed E-state index contributed by atoms with van der Waals surface area (Å²) in [7, 11) is 1.68. The first kappa shape index (κ1) is 15.3. The SMILES string of the molecule is CCC1CCCCC1OC(CN)c1ccc(OC)cc1. The molecule has 0 amide bonds. The number of benzene rings is 1. The average molecular weight is 277 g/mol. The molecule has 112 valence electrons. The van der Waals surface area contributed by atoms with E-state index in [1.54, 1.807) is 7.11 Å². The highest BCUT2D eigenvalue weighted by Crippen LogP contribution is 2.33. The summed E-state index contributed by atoms with van der Waals surface area (Å²) in [4.78, 5) is 0. The van der Waals surface area contributed by atoms with Gasteiger partial charge in [-0.2, -0.15) is 0 Å². The fourth-order valence-electron chi connectivity index (χ4n) is 3.12. The maximum absolute atomic E-state index is 6.34. The van der Waals surface area contributed by atoms with E-state index in [0.29, 0.717) is 18.6 Å². The van der Waals surface area contributed by atoms with Crippen molar-refractivity contribution in [3.05, 3.63) is 29.8 Å². The highest BCUT2D eigenvalue weighted by Gasteiger charge is 2.27. The summed E-state index contributed by atoms with van der Waals surface area (Å²) >= 11 is 0. The van der Waals surface area contributed by atoms with E-state index in [4.69, 9.17) is 15.2 Å². The topological polar surface area (TPSA) is 44.5 Å². The van der Waals surface area contributed by atoms with Crippen molar-refractivity contribution in [2.24, 2.45) is 11.7 Å². The maximum atomic E-state index is 6.34. The third-order valence-electron chi connectivity index (χ3n) is 4.40. The minimum absolute atomic E-state index is 0.00180. The molecule has 0 aromatic heterocycles. The molecule has 1 aliphatic carbocycles. The Balaban J connectivity index is 2.03. The fraction of sp³-hybridized carbons (Fsp3) is 0.647. The summed E-state index contributed by atoms with van der Waals surface area (Å²) in [5, 5.41) is 0. The number of hydrogen-bond acceptors (Lipinski definition) is 3. The van der Waals surface area contributed by atoms with E-state index >= 15 is 0 Å². The number of ether oxygens (including phenoxy) is 2. The quantitative estimate of drug-likeness (QED) is 0.862. The standard InChI is InChI=1S/C17H27NO2/c1-3-13-6-4-5-7-16(13)20-17(12-18)14-8-10-15(19-2)11-9-14/h8-11,13,16-17H,3-7,12,18H2,1-2H3. The molecule has 0 saturated heterocycles. The molecule has 1 aromatic carbocycles. The van der Waals surface area contributed by atoms with Crippen LogP contribution < -0.4 is 10.5 Å². The van der Waals surface area contributed by atoms with E-state index < -0.39 is 0 Å². The van der Waals surface area contributed by atoms with E-state index in [2.05, 4.69) is 19.1 Å². The van der Waals surface area contributed by atoms with Crippen LogP contribution in [-0.4, -0.2) is 19.8 Å². The smallest absolute Gasteiger partial charge is 0.118 e. The Hall–Kier alpha value is -1.06. The first-order valence-electron chi connectivity index (χ1n) is 7.78. The molecule has 1 saturated carbocycles. The molecule has 1 aromatic rings. The van der Waals surface area contributed by atoms with E-state index in [9.17, 15) is 0 Å². The van der Waals surface area contributed by atoms with Crippen molar-refractivity contribution >= 4 is 0 Å². The van der Waals surface area contributed by atoms with Gasteiger partial charge in [-0.25, -0.2) is 0 Å². The van der Waals surface area contributed by atoms with E-state index in [1.807, 2.05) is 12.1 Å². The van der Waals surface area contributed by atoms with Crippen molar-refractivity contribution in [2.75, 3.05) is 13.7 Å². The molecule has 3 atom stereocenters. The molecule has 0 spiro atoms. The van der Waals surface area contributed by atoms with Crippen molar-refractivity contribution in [1.29, 1.82) is 0 Å². The predicted molar refractivity (Wildman–Crippen MR) is 81.9 cm³/mol. The monoisotopic (exact) mass is 277 g/mol. The molecule has 0 heterocycles. The molecule has 3 nitrogen and oxygen atoms in total. The van der Waals surface area contributed by atoms with Crippen LogP contribution in [0.1, 0.15) is 50.7 Å². The lowest BCUT2D eigenvalue weighted by Crippen LogP contribution is -2.31. The first-order valence-corrected chi connectivity index (χ1v) is 7.78. The molecular formula is C17H27NO2. The van der Waals surface area contributed by atoms with Gasteiger partial charge in [-0.05, 0) is 36.5 Å². The van der Waals surface area contributed by atoms with Gasteiger partial charge in [-0.3, -0.25) is 0 Å². The lowest BCUT2D eigenvalue weighted by molar-refractivity contribution is -0.0586. The molecule has 3 heteroatoms. The van der Waals surface area contributed by atoms with Gasteiger partial charge in [0.1, 0.15) is 5.75 Å². The minimum Gasteiger partial charge on any atom is -0.497 e. The Morgan fingerprint density at radius 1 is 1.20 bits per heavy atom. The molecule has 0 radical (unpaired) electrons. The van der Waals surface area contributed by atoms with Crippen LogP contribution in [0.5, 0.6) is 5.75 Å². The molecule has 20 heavy (non-hydrogen) atoms. The Kier molecular flexibility index (Phi) is 5.86. The number of nitrogens with two attached hydrogens (primary N) is 1. The molecular weight excluding hydrogens is 250 g/mol. The van der Waals surface area contributed by atoms with Crippen molar-refractivity contribution in [3.63, 3.8) is 0 Å². The van der Waals surface area contributed by atoms with Gasteiger partial charge in [-0.1, -0.05) is 38.3 Å². The highest BCUT2D eigenvalue weighted by atomic mass is 16.5. The van der Waals surface area contributed by atoms with Crippen molar-refractivity contribution in [2.45, 2.75) is 51.2 Å². The molecule has 0 bridgehead atoms. The van der Waals surface area contributed by atoms with Gasteiger partial charge in [-0.15, -0.1) is 0 Å². The normalized spacial score (nSPS) is 24.4. The van der Waals surface area contributed by atoms with Crippen LogP contribution in [0, 0.1) is 5.92 Å². The van der Waals surface area contributed by atoms with E-state index in [0.717, 1.165) is 11.3 Å². The second kappa shape index (κ2) is 7.65. The summed E-state index contributed by atoms with van der Waals surface area (Å²) in [5.41, 5.74) is 7.07. The van der Waals surface area contributed by atoms with Gasteiger partial charge < -0.3 is 15.2 Å². The third-order valence-corrected chi connectivity index (χ3v) is 4.40. The van der Waals surface area contributed by atoms with E-state index in [-0.39, 0.29) is 6.10 Å². The maximum Gasteiger partial charge on any atom is 0.118 e. The summed E-state index contributed by atoms with van der Waals surface area (Å²) in [6, 6.07) is 8.05. The molecule has 2 N–H and O–H groups in total. The van der Waals surface area contributed by atoms with Crippen LogP contribution in [0.2, 0.25) is 0 Å². The van der Waals surface area contributed by atoms with Crippen molar-refractivity contribution in [3.8, 4) is 5.75 Å². The van der Waals surface area contributed by atoms with Gasteiger partial charge in [0.15, 0.2) is 0 Å². The Morgan fingerprint density at radius 2 is 1.90 bits per heavy atom. The summed E-state index contributed by atoms with van der Waals surface area (Å²) in [6.07, 6.45) is 6.65. The van der Waals surface area contributed by atoms with Crippen LogP contribution in [0.15, 0.2) is 24.3 Å². The van der Waals surface area contributed by atoms with Crippen LogP contribution in [-0.2, 0) is 4.74 Å². The first-order chi connectivity index (χ1) is 9.78. The molecule has 3 unspecified atom stereocenters. The van der Waals surface area contributed by atoms with E-state index in [1.165, 1.54) is 32.1 Å². The zero-order chi connectivity index (χ0) is 14.4. The van der Waals surface area contributed by atoms with Crippen LogP contribution >= 0.6 is 0 Å². The molecule has 0 aliphatic heterocycles. The molecule has 1 fully saturated rings. The predicted octanol–water partition coefficient (Wildman–Crippen LogP) is 3.68. The average Bonchev–Trinajstić information content (AvgIpc) is 2.53. The summed E-state index contributed by atoms with van der Waals surface area (Å²) < 4.78 is 11.5. The Bertz CT molecular complexity index is 390. The minimum atomic E-state index is -0.00180. The zero-order valence-electron chi connectivity index (χ0n) is 12.7. The van der Waals surface area contributed by atoms with Crippen molar-refractivity contribution in [1.82, 2.24) is 0 Å². The summed E-state index contributed by atoms with van der Waals surface area (Å²) in [6.45, 7) is 2.79. The van der Waals surface area contributed by atoms with Gasteiger partial charge in [0, 0.05) is 6.54 Å². The van der Waals surface area contributed by atoms with Gasteiger partial charge in [0.25, 0.3) is 0 Å². The molecule has 1 aliphatic rings. The van der Waals surface area contributed by atoms with Crippen molar-refractivity contribution < 1.29 is 9.47 Å². The summed E-state index contributed by atoms with van der Waals surface area (Å²) in [5.74, 6) is 1.56. The number of hydrogen-bond donors (Lipinski definition) is 1. The van der Waals surface area contributed by atoms with Crippen LogP contribution in [0.3, 0.4) is 0 Å². The largest absolute Gasteiger partial charge is 0.497 e. The second-order valence-corrected chi connectivity index (χ2v) is 5.62. The van der Waals surface area contributed by atoms with Gasteiger partial charge in [0.05, 0.1) is 19.3 Å². The lowest BCUT2D eigenvalue weighted by atomic mass is 9.84. The number of rotatable bonds is 6. The number of methoxy groups -OCH3 is 1. The van der Waals surface area contributed by atoms with Crippen LogP contribution in [0.4, 0.5) is 0 Å². The van der Waals surface area contributed by atoms with Crippen LogP contribution in [0.25, 0.3) is 0 Å². The third kappa shape index (κ3) is 3.74. The highest BCUT2D eigenvalue weighted by molar-refractivity contribution is 5.28. The second-order valence-electron chi connectivity index (χ2n) is 5.62. The fourth-order valence-corrected chi connectivity index (χ4v) is 3.12. The lowest BCUT2D eigenvalue weighted by Gasteiger charge is -2.33. The van der Waals surface area contributed by atoms with Gasteiger partial charge >= 0.3 is 0 Å².